The van der Waals surface area contributed by atoms with E-state index in [1.807, 2.05) is 6.92 Å². The first kappa shape index (κ1) is 14.1. The fraction of sp³-hybridized carbons (Fsp3) is 0.417. The zero-order chi connectivity index (χ0) is 12.8. The second-order valence-corrected chi connectivity index (χ2v) is 4.70. The largest absolute Gasteiger partial charge is 0.351 e. The summed E-state index contributed by atoms with van der Waals surface area (Å²) in [5, 5.41) is 2.73. The maximum absolute atomic E-state index is 12.8. The van der Waals surface area contributed by atoms with Gasteiger partial charge in [0.25, 0.3) is 0 Å². The Morgan fingerprint density at radius 3 is 2.88 bits per heavy atom. The maximum atomic E-state index is 12.8. The van der Waals surface area contributed by atoms with E-state index in [0.29, 0.717) is 17.4 Å². The van der Waals surface area contributed by atoms with Crippen LogP contribution in [-0.2, 0) is 11.3 Å². The van der Waals surface area contributed by atoms with Gasteiger partial charge in [-0.2, -0.15) is 0 Å². The minimum Gasteiger partial charge on any atom is -0.351 e. The minimum atomic E-state index is -0.473. The van der Waals surface area contributed by atoms with Crippen molar-refractivity contribution in [3.8, 4) is 0 Å². The van der Waals surface area contributed by atoms with Crippen molar-refractivity contribution in [2.75, 3.05) is 0 Å². The molecule has 3 nitrogen and oxygen atoms in total. The Morgan fingerprint density at radius 1 is 1.59 bits per heavy atom. The van der Waals surface area contributed by atoms with E-state index in [4.69, 9.17) is 5.73 Å². The quantitative estimate of drug-likeness (QED) is 0.877. The van der Waals surface area contributed by atoms with E-state index >= 15 is 0 Å². The lowest BCUT2D eigenvalue weighted by atomic mass is 10.1. The Kier molecular flexibility index (Phi) is 5.58. The Bertz CT molecular complexity index is 398. The van der Waals surface area contributed by atoms with Crippen molar-refractivity contribution in [1.29, 1.82) is 0 Å². The first-order valence-electron chi connectivity index (χ1n) is 5.51. The monoisotopic (exact) mass is 302 g/mol. The topological polar surface area (TPSA) is 55.1 Å². The molecule has 17 heavy (non-hydrogen) atoms. The average molecular weight is 303 g/mol. The van der Waals surface area contributed by atoms with Crippen LogP contribution in [0.1, 0.15) is 25.3 Å². The smallest absolute Gasteiger partial charge is 0.237 e. The zero-order valence-electron chi connectivity index (χ0n) is 9.67. The summed E-state index contributed by atoms with van der Waals surface area (Å²) in [7, 11) is 0. The predicted octanol–water partition coefficient (Wildman–Crippen LogP) is 2.33. The number of rotatable bonds is 5. The van der Waals surface area contributed by atoms with Crippen molar-refractivity contribution in [3.05, 3.63) is 34.1 Å². The van der Waals surface area contributed by atoms with Crippen molar-refractivity contribution in [1.82, 2.24) is 5.32 Å². The number of carbonyl (C=O) groups excluding carboxylic acids is 1. The molecular formula is C12H16BrFN2O. The van der Waals surface area contributed by atoms with Gasteiger partial charge >= 0.3 is 0 Å². The molecule has 1 rings (SSSR count). The van der Waals surface area contributed by atoms with Gasteiger partial charge in [0.2, 0.25) is 5.91 Å². The molecule has 0 spiro atoms. The first-order chi connectivity index (χ1) is 8.04. The number of hydrogen-bond donors (Lipinski definition) is 2. The summed E-state index contributed by atoms with van der Waals surface area (Å²) in [5.41, 5.74) is 6.49. The standard InChI is InChI=1S/C12H16BrFN2O/c1-2-3-11(15)12(17)16-7-8-4-5-9(14)6-10(8)13/h4-6,11H,2-3,7,15H2,1H3,(H,16,17). The third-order valence-electron chi connectivity index (χ3n) is 2.40. The predicted molar refractivity (Wildman–Crippen MR) is 68.8 cm³/mol. The van der Waals surface area contributed by atoms with Gasteiger partial charge in [-0.3, -0.25) is 4.79 Å². The fourth-order valence-corrected chi connectivity index (χ4v) is 1.91. The second-order valence-electron chi connectivity index (χ2n) is 3.85. The van der Waals surface area contributed by atoms with E-state index in [-0.39, 0.29) is 11.7 Å². The summed E-state index contributed by atoms with van der Waals surface area (Å²) in [5.74, 6) is -0.488. The average Bonchev–Trinajstić information content (AvgIpc) is 2.27. The van der Waals surface area contributed by atoms with Gasteiger partial charge in [0, 0.05) is 11.0 Å². The lowest BCUT2D eigenvalue weighted by Gasteiger charge is -2.12. The number of nitrogens with one attached hydrogen (secondary N) is 1. The van der Waals surface area contributed by atoms with Gasteiger partial charge in [-0.25, -0.2) is 4.39 Å². The van der Waals surface area contributed by atoms with E-state index < -0.39 is 6.04 Å². The third kappa shape index (κ3) is 4.44. The molecule has 1 amide bonds. The highest BCUT2D eigenvalue weighted by Gasteiger charge is 2.12. The zero-order valence-corrected chi connectivity index (χ0v) is 11.3. The Morgan fingerprint density at radius 2 is 2.29 bits per heavy atom. The molecule has 0 aliphatic carbocycles. The number of carbonyl (C=O) groups is 1. The molecule has 0 aliphatic heterocycles. The van der Waals surface area contributed by atoms with E-state index in [0.717, 1.165) is 12.0 Å². The number of nitrogens with two attached hydrogens (primary N) is 1. The maximum Gasteiger partial charge on any atom is 0.237 e. The highest BCUT2D eigenvalue weighted by atomic mass is 79.9. The van der Waals surface area contributed by atoms with Crippen molar-refractivity contribution < 1.29 is 9.18 Å². The van der Waals surface area contributed by atoms with Crippen LogP contribution in [0.5, 0.6) is 0 Å². The molecule has 0 saturated heterocycles. The highest BCUT2D eigenvalue weighted by Crippen LogP contribution is 2.17. The van der Waals surface area contributed by atoms with E-state index in [1.54, 1.807) is 6.07 Å². The van der Waals surface area contributed by atoms with Crippen LogP contribution < -0.4 is 11.1 Å². The van der Waals surface area contributed by atoms with Gasteiger partial charge in [0.15, 0.2) is 0 Å². The number of amides is 1. The summed E-state index contributed by atoms with van der Waals surface area (Å²) >= 11 is 3.24. The van der Waals surface area contributed by atoms with Crippen molar-refractivity contribution in [2.24, 2.45) is 5.73 Å². The molecule has 1 unspecified atom stereocenters. The van der Waals surface area contributed by atoms with Gasteiger partial charge < -0.3 is 11.1 Å². The summed E-state index contributed by atoms with van der Waals surface area (Å²) in [4.78, 5) is 11.6. The summed E-state index contributed by atoms with van der Waals surface area (Å²) in [6.07, 6.45) is 1.53. The molecule has 0 radical (unpaired) electrons. The molecule has 0 aliphatic rings. The second kappa shape index (κ2) is 6.71. The van der Waals surface area contributed by atoms with Crippen LogP contribution in [0.25, 0.3) is 0 Å². The molecule has 0 saturated carbocycles. The van der Waals surface area contributed by atoms with Crippen LogP contribution in [-0.4, -0.2) is 11.9 Å². The van der Waals surface area contributed by atoms with Crippen LogP contribution in [0.4, 0.5) is 4.39 Å². The molecule has 1 aromatic rings. The van der Waals surface area contributed by atoms with Gasteiger partial charge in [-0.1, -0.05) is 35.3 Å². The van der Waals surface area contributed by atoms with E-state index in [2.05, 4.69) is 21.2 Å². The SMILES string of the molecule is CCCC(N)C(=O)NCc1ccc(F)cc1Br. The van der Waals surface area contributed by atoms with Crippen LogP contribution in [0, 0.1) is 5.82 Å². The van der Waals surface area contributed by atoms with Crippen molar-refractivity contribution in [3.63, 3.8) is 0 Å². The molecule has 0 aromatic heterocycles. The lowest BCUT2D eigenvalue weighted by molar-refractivity contribution is -0.122. The van der Waals surface area contributed by atoms with Crippen molar-refractivity contribution in [2.45, 2.75) is 32.4 Å². The summed E-state index contributed by atoms with van der Waals surface area (Å²) in [6, 6.07) is 3.88. The fourth-order valence-electron chi connectivity index (χ4n) is 1.42. The summed E-state index contributed by atoms with van der Waals surface area (Å²) < 4.78 is 13.5. The molecule has 0 fully saturated rings. The van der Waals surface area contributed by atoms with Crippen LogP contribution in [0.3, 0.4) is 0 Å². The number of halogens is 2. The van der Waals surface area contributed by atoms with Crippen LogP contribution in [0.2, 0.25) is 0 Å². The van der Waals surface area contributed by atoms with Gasteiger partial charge in [0.05, 0.1) is 6.04 Å². The molecule has 1 aromatic carbocycles. The van der Waals surface area contributed by atoms with Crippen molar-refractivity contribution >= 4 is 21.8 Å². The molecule has 5 heteroatoms. The Hall–Kier alpha value is -0.940. The lowest BCUT2D eigenvalue weighted by Crippen LogP contribution is -2.40. The summed E-state index contributed by atoms with van der Waals surface area (Å²) in [6.45, 7) is 2.32. The molecule has 0 bridgehead atoms. The highest BCUT2D eigenvalue weighted by molar-refractivity contribution is 9.10. The van der Waals surface area contributed by atoms with Gasteiger partial charge in [-0.15, -0.1) is 0 Å². The molecule has 1 atom stereocenters. The molecular weight excluding hydrogens is 287 g/mol. The van der Waals surface area contributed by atoms with Gasteiger partial charge in [-0.05, 0) is 24.1 Å². The normalized spacial score (nSPS) is 12.2. The van der Waals surface area contributed by atoms with E-state index in [9.17, 15) is 9.18 Å². The Labute approximate surface area is 109 Å². The van der Waals surface area contributed by atoms with Gasteiger partial charge in [0.1, 0.15) is 5.82 Å². The molecule has 94 valence electrons. The third-order valence-corrected chi connectivity index (χ3v) is 3.14. The minimum absolute atomic E-state index is 0.178. The first-order valence-corrected chi connectivity index (χ1v) is 6.31. The van der Waals surface area contributed by atoms with Crippen LogP contribution >= 0.6 is 15.9 Å². The molecule has 0 heterocycles. The Balaban J connectivity index is 2.53. The van der Waals surface area contributed by atoms with Crippen LogP contribution in [0.15, 0.2) is 22.7 Å². The molecule has 3 N–H and O–H groups in total. The number of hydrogen-bond acceptors (Lipinski definition) is 2. The van der Waals surface area contributed by atoms with E-state index in [1.165, 1.54) is 12.1 Å². The number of benzene rings is 1.